The topological polar surface area (TPSA) is 66.0 Å². The minimum absolute atomic E-state index is 0.477. The quantitative estimate of drug-likeness (QED) is 0.783. The number of rotatable bonds is 3. The normalized spacial score (nSPS) is 10.9. The highest BCUT2D eigenvalue weighted by atomic mass is 32.1. The lowest BCUT2D eigenvalue weighted by Crippen LogP contribution is -2.04. The number of aromatic nitrogens is 3. The first-order chi connectivity index (χ1) is 8.79. The highest BCUT2D eigenvalue weighted by molar-refractivity contribution is 7.09. The molecule has 5 nitrogen and oxygen atoms in total. The number of benzene rings is 1. The Morgan fingerprint density at radius 3 is 3.06 bits per heavy atom. The van der Waals surface area contributed by atoms with E-state index in [1.54, 1.807) is 24.6 Å². The Morgan fingerprint density at radius 1 is 1.44 bits per heavy atom. The molecule has 0 bridgehead atoms. The van der Waals surface area contributed by atoms with Gasteiger partial charge in [-0.25, -0.2) is 9.97 Å². The maximum atomic E-state index is 5.97. The molecule has 0 aliphatic carbocycles. The lowest BCUT2D eigenvalue weighted by molar-refractivity contribution is 0.419. The summed E-state index contributed by atoms with van der Waals surface area (Å²) in [5.41, 5.74) is 7.71. The Hall–Kier alpha value is -2.08. The van der Waals surface area contributed by atoms with Gasteiger partial charge in [-0.1, -0.05) is 6.07 Å². The van der Waals surface area contributed by atoms with E-state index in [2.05, 4.69) is 9.97 Å². The number of imidazole rings is 1. The molecule has 0 saturated carbocycles. The van der Waals surface area contributed by atoms with Gasteiger partial charge in [0, 0.05) is 11.6 Å². The highest BCUT2D eigenvalue weighted by Crippen LogP contribution is 2.27. The largest absolute Gasteiger partial charge is 0.494 e. The minimum Gasteiger partial charge on any atom is -0.494 e. The van der Waals surface area contributed by atoms with Gasteiger partial charge in [-0.3, -0.25) is 0 Å². The molecule has 6 heteroatoms. The predicted octanol–water partition coefficient (Wildman–Crippen LogP) is 2.13. The fourth-order valence-electron chi connectivity index (χ4n) is 1.94. The Bertz CT molecular complexity index is 675. The molecule has 0 saturated heterocycles. The Balaban J connectivity index is 2.14. The zero-order valence-electron chi connectivity index (χ0n) is 9.83. The van der Waals surface area contributed by atoms with E-state index < -0.39 is 0 Å². The minimum atomic E-state index is 0.477. The van der Waals surface area contributed by atoms with Crippen molar-refractivity contribution in [1.82, 2.24) is 14.5 Å². The van der Waals surface area contributed by atoms with Crippen molar-refractivity contribution >= 4 is 28.3 Å². The van der Waals surface area contributed by atoms with Gasteiger partial charge in [0.15, 0.2) is 0 Å². The molecule has 0 spiro atoms. The van der Waals surface area contributed by atoms with E-state index in [1.807, 2.05) is 28.1 Å². The zero-order valence-corrected chi connectivity index (χ0v) is 10.6. The summed E-state index contributed by atoms with van der Waals surface area (Å²) in [4.78, 5) is 8.62. The molecule has 18 heavy (non-hydrogen) atoms. The summed E-state index contributed by atoms with van der Waals surface area (Å²) < 4.78 is 7.23. The van der Waals surface area contributed by atoms with Gasteiger partial charge >= 0.3 is 0 Å². The SMILES string of the molecule is COc1cccc2c1nc(N)n2Cc1nccs1. The van der Waals surface area contributed by atoms with Gasteiger partial charge in [0.1, 0.15) is 16.3 Å². The van der Waals surface area contributed by atoms with Crippen LogP contribution in [0, 0.1) is 0 Å². The van der Waals surface area contributed by atoms with Crippen LogP contribution in [0.2, 0.25) is 0 Å². The van der Waals surface area contributed by atoms with Crippen molar-refractivity contribution in [2.75, 3.05) is 12.8 Å². The molecule has 2 N–H and O–H groups in total. The average Bonchev–Trinajstić information content (AvgIpc) is 2.99. The van der Waals surface area contributed by atoms with Crippen molar-refractivity contribution in [3.63, 3.8) is 0 Å². The fraction of sp³-hybridized carbons (Fsp3) is 0.167. The third-order valence-corrected chi connectivity index (χ3v) is 3.53. The number of nitrogens with two attached hydrogens (primary N) is 1. The number of nitrogen functional groups attached to an aromatic ring is 1. The number of para-hydroxylation sites is 1. The van der Waals surface area contributed by atoms with Crippen LogP contribution in [-0.4, -0.2) is 21.6 Å². The van der Waals surface area contributed by atoms with Crippen LogP contribution in [-0.2, 0) is 6.54 Å². The second kappa shape index (κ2) is 4.30. The van der Waals surface area contributed by atoms with E-state index in [1.165, 1.54) is 0 Å². The summed E-state index contributed by atoms with van der Waals surface area (Å²) in [6.07, 6.45) is 1.79. The number of anilines is 1. The Kier molecular flexibility index (Phi) is 2.64. The molecule has 0 amide bonds. The smallest absolute Gasteiger partial charge is 0.201 e. The maximum absolute atomic E-state index is 5.97. The van der Waals surface area contributed by atoms with Crippen molar-refractivity contribution in [3.8, 4) is 5.75 Å². The second-order valence-corrected chi connectivity index (χ2v) is 4.79. The molecular weight excluding hydrogens is 248 g/mol. The summed E-state index contributed by atoms with van der Waals surface area (Å²) in [6, 6.07) is 5.79. The number of fused-ring (bicyclic) bond motifs is 1. The predicted molar refractivity (Wildman–Crippen MR) is 71.9 cm³/mol. The molecule has 0 atom stereocenters. The van der Waals surface area contributed by atoms with E-state index in [9.17, 15) is 0 Å². The molecule has 3 rings (SSSR count). The third-order valence-electron chi connectivity index (χ3n) is 2.77. The molecule has 3 aromatic rings. The number of ether oxygens (including phenoxy) is 1. The molecule has 0 unspecified atom stereocenters. The molecule has 2 aromatic heterocycles. The standard InChI is InChI=1S/C12H12N4OS/c1-17-9-4-2-3-8-11(9)15-12(13)16(8)7-10-14-5-6-18-10/h2-6H,7H2,1H3,(H2,13,15). The van der Waals surface area contributed by atoms with Gasteiger partial charge in [-0.15, -0.1) is 11.3 Å². The lowest BCUT2D eigenvalue weighted by Gasteiger charge is -2.04. The van der Waals surface area contributed by atoms with Crippen LogP contribution in [0.15, 0.2) is 29.8 Å². The van der Waals surface area contributed by atoms with Crippen LogP contribution < -0.4 is 10.5 Å². The van der Waals surface area contributed by atoms with Crippen molar-refractivity contribution < 1.29 is 4.74 Å². The van der Waals surface area contributed by atoms with E-state index in [4.69, 9.17) is 10.5 Å². The third kappa shape index (κ3) is 1.70. The molecule has 2 heterocycles. The molecule has 0 radical (unpaired) electrons. The summed E-state index contributed by atoms with van der Waals surface area (Å²) >= 11 is 1.60. The van der Waals surface area contributed by atoms with Gasteiger partial charge in [0.2, 0.25) is 5.95 Å². The van der Waals surface area contributed by atoms with Crippen molar-refractivity contribution in [3.05, 3.63) is 34.8 Å². The number of hydrogen-bond acceptors (Lipinski definition) is 5. The number of methoxy groups -OCH3 is 1. The molecule has 92 valence electrons. The van der Waals surface area contributed by atoms with Crippen molar-refractivity contribution in [2.45, 2.75) is 6.54 Å². The van der Waals surface area contributed by atoms with E-state index in [0.717, 1.165) is 21.8 Å². The summed E-state index contributed by atoms with van der Waals surface area (Å²) in [7, 11) is 1.63. The van der Waals surface area contributed by atoms with E-state index in [0.29, 0.717) is 12.5 Å². The summed E-state index contributed by atoms with van der Waals surface area (Å²) in [5, 5.41) is 2.95. The van der Waals surface area contributed by atoms with Gasteiger partial charge in [0.25, 0.3) is 0 Å². The van der Waals surface area contributed by atoms with Gasteiger partial charge in [-0.05, 0) is 12.1 Å². The van der Waals surface area contributed by atoms with Gasteiger partial charge in [-0.2, -0.15) is 0 Å². The van der Waals surface area contributed by atoms with E-state index in [-0.39, 0.29) is 0 Å². The fourth-order valence-corrected chi connectivity index (χ4v) is 2.54. The molecule has 0 aliphatic heterocycles. The maximum Gasteiger partial charge on any atom is 0.201 e. The monoisotopic (exact) mass is 260 g/mol. The van der Waals surface area contributed by atoms with Crippen LogP contribution in [0.1, 0.15) is 5.01 Å². The van der Waals surface area contributed by atoms with Crippen LogP contribution >= 0.6 is 11.3 Å². The van der Waals surface area contributed by atoms with E-state index >= 15 is 0 Å². The zero-order chi connectivity index (χ0) is 12.5. The average molecular weight is 260 g/mol. The first-order valence-electron chi connectivity index (χ1n) is 5.46. The Labute approximate surface area is 108 Å². The molecular formula is C12H12N4OS. The van der Waals surface area contributed by atoms with Crippen LogP contribution in [0.4, 0.5) is 5.95 Å². The van der Waals surface area contributed by atoms with Gasteiger partial charge in [0.05, 0.1) is 19.2 Å². The molecule has 1 aromatic carbocycles. The second-order valence-electron chi connectivity index (χ2n) is 3.81. The number of nitrogens with zero attached hydrogens (tertiary/aromatic N) is 3. The Morgan fingerprint density at radius 2 is 2.33 bits per heavy atom. The van der Waals surface area contributed by atoms with Crippen molar-refractivity contribution in [1.29, 1.82) is 0 Å². The highest BCUT2D eigenvalue weighted by Gasteiger charge is 2.12. The molecule has 0 aliphatic rings. The van der Waals surface area contributed by atoms with Crippen LogP contribution in [0.3, 0.4) is 0 Å². The van der Waals surface area contributed by atoms with Crippen LogP contribution in [0.5, 0.6) is 5.75 Å². The first-order valence-corrected chi connectivity index (χ1v) is 6.34. The van der Waals surface area contributed by atoms with Crippen LogP contribution in [0.25, 0.3) is 11.0 Å². The number of hydrogen-bond donors (Lipinski definition) is 1. The summed E-state index contributed by atoms with van der Waals surface area (Å²) in [5.74, 6) is 1.21. The molecule has 0 fully saturated rings. The lowest BCUT2D eigenvalue weighted by atomic mass is 10.3. The summed E-state index contributed by atoms with van der Waals surface area (Å²) in [6.45, 7) is 0.632. The van der Waals surface area contributed by atoms with Crippen molar-refractivity contribution in [2.24, 2.45) is 0 Å². The van der Waals surface area contributed by atoms with Gasteiger partial charge < -0.3 is 15.0 Å². The number of thiazole rings is 1. The first kappa shape index (κ1) is 11.0.